The normalized spacial score (nSPS) is 10.7. The third-order valence-electron chi connectivity index (χ3n) is 2.05. The Morgan fingerprint density at radius 3 is 3.00 bits per heavy atom. The Kier molecular flexibility index (Phi) is 3.45. The second-order valence-electron chi connectivity index (χ2n) is 3.78. The molecule has 0 unspecified atom stereocenters. The number of carbonyl (C=O) groups excluding carboxylic acids is 1. The molecule has 5 heteroatoms. The monoisotopic (exact) mass is 206 g/mol. The molecule has 1 amide bonds. The molecule has 0 radical (unpaired) electrons. The molecule has 0 aromatic carbocycles. The highest BCUT2D eigenvalue weighted by atomic mass is 16.2. The first kappa shape index (κ1) is 11.2. The van der Waals surface area contributed by atoms with Crippen LogP contribution in [0.5, 0.6) is 0 Å². The van der Waals surface area contributed by atoms with Gasteiger partial charge in [0.1, 0.15) is 11.2 Å². The molecule has 0 bridgehead atoms. The number of carbonyl (C=O) groups is 1. The first-order chi connectivity index (χ1) is 7.06. The Morgan fingerprint density at radius 1 is 1.73 bits per heavy atom. The van der Waals surface area contributed by atoms with Gasteiger partial charge in [-0.3, -0.25) is 4.79 Å². The Labute approximate surface area is 88.5 Å². The average molecular weight is 206 g/mol. The molecule has 0 fully saturated rings. The second kappa shape index (κ2) is 4.60. The number of H-pyrrole nitrogens is 1. The van der Waals surface area contributed by atoms with Crippen LogP contribution >= 0.6 is 0 Å². The molecule has 1 heterocycles. The van der Waals surface area contributed by atoms with Crippen LogP contribution in [0, 0.1) is 16.7 Å². The molecule has 0 spiro atoms. The van der Waals surface area contributed by atoms with Crippen LogP contribution in [0.4, 0.5) is 0 Å². The van der Waals surface area contributed by atoms with Gasteiger partial charge in [-0.25, -0.2) is 4.98 Å². The van der Waals surface area contributed by atoms with Gasteiger partial charge in [0.15, 0.2) is 0 Å². The molecule has 1 aromatic heterocycles. The zero-order valence-electron chi connectivity index (χ0n) is 8.87. The van der Waals surface area contributed by atoms with E-state index in [1.165, 1.54) is 0 Å². The van der Waals surface area contributed by atoms with Crippen LogP contribution in [-0.2, 0) is 11.2 Å². The van der Waals surface area contributed by atoms with Crippen molar-refractivity contribution in [3.8, 4) is 6.07 Å². The van der Waals surface area contributed by atoms with Gasteiger partial charge in [-0.2, -0.15) is 5.26 Å². The van der Waals surface area contributed by atoms with Gasteiger partial charge >= 0.3 is 0 Å². The topological polar surface area (TPSA) is 81.6 Å². The number of aromatic nitrogens is 2. The maximum atomic E-state index is 11.5. The fourth-order valence-corrected chi connectivity index (χ4v) is 1.00. The average Bonchev–Trinajstić information content (AvgIpc) is 2.70. The molecule has 5 nitrogen and oxygen atoms in total. The minimum atomic E-state index is -0.969. The van der Waals surface area contributed by atoms with Gasteiger partial charge in [0, 0.05) is 25.4 Å². The first-order valence-electron chi connectivity index (χ1n) is 4.74. The van der Waals surface area contributed by atoms with Crippen molar-refractivity contribution in [2.75, 3.05) is 6.54 Å². The van der Waals surface area contributed by atoms with Crippen LogP contribution < -0.4 is 5.32 Å². The highest BCUT2D eigenvalue weighted by Crippen LogP contribution is 2.12. The predicted molar refractivity (Wildman–Crippen MR) is 54.7 cm³/mol. The number of aromatic amines is 1. The maximum Gasteiger partial charge on any atom is 0.239 e. The summed E-state index contributed by atoms with van der Waals surface area (Å²) in [6.45, 7) is 3.67. The number of nitriles is 1. The SMILES string of the molecule is CC(C)(C#N)C(=O)NCCc1ncc[nH]1. The quantitative estimate of drug-likeness (QED) is 0.757. The molecule has 1 rings (SSSR count). The predicted octanol–water partition coefficient (Wildman–Crippen LogP) is 0.618. The molecular weight excluding hydrogens is 192 g/mol. The Hall–Kier alpha value is -1.83. The summed E-state index contributed by atoms with van der Waals surface area (Å²) < 4.78 is 0. The van der Waals surface area contributed by atoms with Gasteiger partial charge in [0.25, 0.3) is 0 Å². The van der Waals surface area contributed by atoms with E-state index in [1.807, 2.05) is 6.07 Å². The molecule has 0 aliphatic carbocycles. The highest BCUT2D eigenvalue weighted by Gasteiger charge is 2.26. The van der Waals surface area contributed by atoms with Crippen molar-refractivity contribution >= 4 is 5.91 Å². The lowest BCUT2D eigenvalue weighted by molar-refractivity contribution is -0.126. The van der Waals surface area contributed by atoms with Crippen molar-refractivity contribution in [2.24, 2.45) is 5.41 Å². The Bertz CT molecular complexity index is 361. The summed E-state index contributed by atoms with van der Waals surface area (Å²) in [4.78, 5) is 18.4. The van der Waals surface area contributed by atoms with Crippen molar-refractivity contribution in [1.29, 1.82) is 5.26 Å². The van der Waals surface area contributed by atoms with E-state index in [0.717, 1.165) is 5.82 Å². The van der Waals surface area contributed by atoms with Gasteiger partial charge in [-0.1, -0.05) is 0 Å². The number of hydrogen-bond donors (Lipinski definition) is 2. The van der Waals surface area contributed by atoms with Gasteiger partial charge in [-0.15, -0.1) is 0 Å². The van der Waals surface area contributed by atoms with E-state index in [0.29, 0.717) is 13.0 Å². The summed E-state index contributed by atoms with van der Waals surface area (Å²) in [5, 5.41) is 11.4. The molecule has 0 saturated heterocycles. The number of hydrogen-bond acceptors (Lipinski definition) is 3. The molecule has 2 N–H and O–H groups in total. The van der Waals surface area contributed by atoms with Crippen molar-refractivity contribution in [3.63, 3.8) is 0 Å². The van der Waals surface area contributed by atoms with Crippen LogP contribution in [0.25, 0.3) is 0 Å². The maximum absolute atomic E-state index is 11.5. The van der Waals surface area contributed by atoms with Gasteiger partial charge in [0.2, 0.25) is 5.91 Å². The van der Waals surface area contributed by atoms with E-state index in [-0.39, 0.29) is 5.91 Å². The summed E-state index contributed by atoms with van der Waals surface area (Å²) in [5.74, 6) is 0.571. The van der Waals surface area contributed by atoms with E-state index in [9.17, 15) is 4.79 Å². The van der Waals surface area contributed by atoms with Gasteiger partial charge in [0.05, 0.1) is 6.07 Å². The number of rotatable bonds is 4. The lowest BCUT2D eigenvalue weighted by Gasteiger charge is -2.14. The van der Waals surface area contributed by atoms with Crippen LogP contribution in [0.1, 0.15) is 19.7 Å². The second-order valence-corrected chi connectivity index (χ2v) is 3.78. The molecule has 0 saturated carbocycles. The van der Waals surface area contributed by atoms with E-state index in [1.54, 1.807) is 26.2 Å². The van der Waals surface area contributed by atoms with Crippen LogP contribution in [0.3, 0.4) is 0 Å². The first-order valence-corrected chi connectivity index (χ1v) is 4.74. The van der Waals surface area contributed by atoms with Gasteiger partial charge < -0.3 is 10.3 Å². The van der Waals surface area contributed by atoms with Crippen molar-refractivity contribution < 1.29 is 4.79 Å². The largest absolute Gasteiger partial charge is 0.354 e. The smallest absolute Gasteiger partial charge is 0.239 e. The summed E-state index contributed by atoms with van der Waals surface area (Å²) in [6, 6.07) is 1.95. The molecule has 80 valence electrons. The van der Waals surface area contributed by atoms with E-state index < -0.39 is 5.41 Å². The third-order valence-corrected chi connectivity index (χ3v) is 2.05. The number of nitrogens with one attached hydrogen (secondary N) is 2. The van der Waals surface area contributed by atoms with Crippen molar-refractivity contribution in [1.82, 2.24) is 15.3 Å². The number of nitrogens with zero attached hydrogens (tertiary/aromatic N) is 2. The number of imidazole rings is 1. The van der Waals surface area contributed by atoms with Crippen molar-refractivity contribution in [2.45, 2.75) is 20.3 Å². The fraction of sp³-hybridized carbons (Fsp3) is 0.500. The molecule has 0 atom stereocenters. The van der Waals surface area contributed by atoms with Crippen molar-refractivity contribution in [3.05, 3.63) is 18.2 Å². The van der Waals surface area contributed by atoms with E-state index >= 15 is 0 Å². The van der Waals surface area contributed by atoms with E-state index in [4.69, 9.17) is 5.26 Å². The van der Waals surface area contributed by atoms with Crippen LogP contribution in [0.15, 0.2) is 12.4 Å². The molecular formula is C10H14N4O. The zero-order valence-corrected chi connectivity index (χ0v) is 8.87. The summed E-state index contributed by atoms with van der Waals surface area (Å²) in [6.07, 6.45) is 4.03. The van der Waals surface area contributed by atoms with Crippen LogP contribution in [0.2, 0.25) is 0 Å². The Balaban J connectivity index is 2.33. The lowest BCUT2D eigenvalue weighted by atomic mass is 9.95. The number of amides is 1. The standard InChI is InChI=1S/C10H14N4O/c1-10(2,7-11)9(15)14-4-3-8-12-5-6-13-8/h5-6H,3-4H2,1-2H3,(H,12,13)(H,14,15). The minimum Gasteiger partial charge on any atom is -0.354 e. The summed E-state index contributed by atoms with van der Waals surface area (Å²) >= 11 is 0. The third kappa shape index (κ3) is 3.09. The molecule has 15 heavy (non-hydrogen) atoms. The van der Waals surface area contributed by atoms with Gasteiger partial charge in [-0.05, 0) is 13.8 Å². The fourth-order valence-electron chi connectivity index (χ4n) is 1.00. The molecule has 0 aliphatic heterocycles. The lowest BCUT2D eigenvalue weighted by Crippen LogP contribution is -2.37. The highest BCUT2D eigenvalue weighted by molar-refractivity contribution is 5.84. The molecule has 0 aliphatic rings. The summed E-state index contributed by atoms with van der Waals surface area (Å²) in [5.41, 5.74) is -0.969. The summed E-state index contributed by atoms with van der Waals surface area (Å²) in [7, 11) is 0. The van der Waals surface area contributed by atoms with E-state index in [2.05, 4.69) is 15.3 Å². The van der Waals surface area contributed by atoms with Crippen LogP contribution in [-0.4, -0.2) is 22.4 Å². The zero-order chi connectivity index (χ0) is 11.3. The Morgan fingerprint density at radius 2 is 2.47 bits per heavy atom. The molecule has 1 aromatic rings. The minimum absolute atomic E-state index is 0.253.